The quantitative estimate of drug-likeness (QED) is 0.175. The third kappa shape index (κ3) is 6.33. The highest BCUT2D eigenvalue weighted by atomic mass is 19.2. The molecule has 0 N–H and O–H groups in total. The van der Waals surface area contributed by atoms with Crippen LogP contribution < -0.4 is 0 Å². The zero-order chi connectivity index (χ0) is 20.6. The van der Waals surface area contributed by atoms with Gasteiger partial charge < -0.3 is 0 Å². The molecular weight excluding hydrogens is 376 g/mol. The molecule has 1 aromatic carbocycles. The summed E-state index contributed by atoms with van der Waals surface area (Å²) in [6.45, 7) is -0.264. The molecular formula is C25H34F4. The number of hydrogen-bond donors (Lipinski definition) is 0. The minimum atomic E-state index is -1.37. The van der Waals surface area contributed by atoms with Crippen LogP contribution in [0.25, 0.3) is 0 Å². The summed E-state index contributed by atoms with van der Waals surface area (Å²) in [4.78, 5) is 0. The van der Waals surface area contributed by atoms with Crippen LogP contribution in [0.15, 0.2) is 24.3 Å². The van der Waals surface area contributed by atoms with Gasteiger partial charge in [0.2, 0.25) is 0 Å². The van der Waals surface area contributed by atoms with Crippen LogP contribution in [0.4, 0.5) is 17.6 Å². The lowest BCUT2D eigenvalue weighted by Crippen LogP contribution is -2.25. The maximum atomic E-state index is 13.5. The van der Waals surface area contributed by atoms with Crippen LogP contribution in [0.2, 0.25) is 0 Å². The third-order valence-corrected chi connectivity index (χ3v) is 7.23. The zero-order valence-electron chi connectivity index (χ0n) is 17.3. The van der Waals surface area contributed by atoms with Crippen molar-refractivity contribution in [3.05, 3.63) is 47.3 Å². The van der Waals surface area contributed by atoms with Crippen LogP contribution in [0.5, 0.6) is 0 Å². The summed E-state index contributed by atoms with van der Waals surface area (Å²) in [5, 5.41) is 0. The Morgan fingerprint density at radius 1 is 0.759 bits per heavy atom. The molecule has 2 fully saturated rings. The standard InChI is InChI=1S/C25H34F4/c26-15-5-3-1-2-4-6-18-7-9-19(10-8-18)20-11-13-21(14-12-20)22-16-23(27)25(29)24(28)17-22/h1,3,16-21H,2,4-15H2. The first-order valence-corrected chi connectivity index (χ1v) is 11.4. The topological polar surface area (TPSA) is 0 Å². The Morgan fingerprint density at radius 3 is 1.90 bits per heavy atom. The Kier molecular flexibility index (Phi) is 8.62. The molecule has 0 nitrogen and oxygen atoms in total. The van der Waals surface area contributed by atoms with Crippen molar-refractivity contribution in [2.24, 2.45) is 17.8 Å². The lowest BCUT2D eigenvalue weighted by Gasteiger charge is -2.38. The van der Waals surface area contributed by atoms with Gasteiger partial charge in [-0.1, -0.05) is 31.4 Å². The monoisotopic (exact) mass is 410 g/mol. The molecule has 0 unspecified atom stereocenters. The van der Waals surface area contributed by atoms with E-state index < -0.39 is 17.5 Å². The fourth-order valence-corrected chi connectivity index (χ4v) is 5.51. The van der Waals surface area contributed by atoms with E-state index in [1.807, 2.05) is 6.08 Å². The summed E-state index contributed by atoms with van der Waals surface area (Å²) >= 11 is 0. The van der Waals surface area contributed by atoms with Crippen LogP contribution in [0.1, 0.15) is 88.5 Å². The van der Waals surface area contributed by atoms with E-state index in [0.29, 0.717) is 12.0 Å². The second-order valence-electron chi connectivity index (χ2n) is 9.07. The Bertz CT molecular complexity index is 630. The van der Waals surface area contributed by atoms with Gasteiger partial charge in [-0.15, -0.1) is 0 Å². The van der Waals surface area contributed by atoms with Crippen LogP contribution in [-0.4, -0.2) is 6.67 Å². The van der Waals surface area contributed by atoms with E-state index in [1.165, 1.54) is 50.7 Å². The van der Waals surface area contributed by atoms with E-state index in [1.54, 1.807) is 0 Å². The van der Waals surface area contributed by atoms with E-state index in [9.17, 15) is 17.6 Å². The van der Waals surface area contributed by atoms with Gasteiger partial charge in [-0.3, -0.25) is 4.39 Å². The highest BCUT2D eigenvalue weighted by Crippen LogP contribution is 2.44. The van der Waals surface area contributed by atoms with Gasteiger partial charge >= 0.3 is 0 Å². The molecule has 0 amide bonds. The van der Waals surface area contributed by atoms with Crippen molar-refractivity contribution in [3.8, 4) is 0 Å². The minimum Gasteiger partial charge on any atom is -0.251 e. The Balaban J connectivity index is 1.38. The summed E-state index contributed by atoms with van der Waals surface area (Å²) in [5.41, 5.74) is 0.615. The molecule has 0 aliphatic heterocycles. The summed E-state index contributed by atoms with van der Waals surface area (Å²) in [7, 11) is 0. The molecule has 2 aliphatic rings. The molecule has 0 heterocycles. The van der Waals surface area contributed by atoms with Gasteiger partial charge in [0.1, 0.15) is 0 Å². The van der Waals surface area contributed by atoms with E-state index in [2.05, 4.69) is 6.08 Å². The number of hydrogen-bond acceptors (Lipinski definition) is 0. The van der Waals surface area contributed by atoms with E-state index in [4.69, 9.17) is 0 Å². The molecule has 0 radical (unpaired) electrons. The fourth-order valence-electron chi connectivity index (χ4n) is 5.51. The summed E-state index contributed by atoms with van der Waals surface area (Å²) in [6.07, 6.45) is 17.5. The average molecular weight is 411 g/mol. The molecule has 3 rings (SSSR count). The molecule has 29 heavy (non-hydrogen) atoms. The predicted molar refractivity (Wildman–Crippen MR) is 110 cm³/mol. The van der Waals surface area contributed by atoms with Crippen LogP contribution in [0, 0.1) is 35.2 Å². The van der Waals surface area contributed by atoms with Gasteiger partial charge in [-0.05, 0) is 99.2 Å². The number of benzene rings is 1. The molecule has 162 valence electrons. The third-order valence-electron chi connectivity index (χ3n) is 7.23. The highest BCUT2D eigenvalue weighted by molar-refractivity contribution is 5.23. The van der Waals surface area contributed by atoms with Crippen LogP contribution in [0.3, 0.4) is 0 Å². The van der Waals surface area contributed by atoms with Crippen molar-refractivity contribution in [1.82, 2.24) is 0 Å². The molecule has 0 saturated heterocycles. The molecule has 2 saturated carbocycles. The van der Waals surface area contributed by atoms with Crippen LogP contribution in [-0.2, 0) is 0 Å². The molecule has 0 aromatic heterocycles. The number of halogens is 4. The lowest BCUT2D eigenvalue weighted by atomic mass is 9.68. The minimum absolute atomic E-state index is 0.151. The molecule has 2 aliphatic carbocycles. The maximum Gasteiger partial charge on any atom is 0.194 e. The van der Waals surface area contributed by atoms with Gasteiger partial charge in [-0.25, -0.2) is 13.2 Å². The SMILES string of the molecule is FCCC=CCCCC1CCC(C2CCC(c3cc(F)c(F)c(F)c3)CC2)CC1. The Hall–Kier alpha value is -1.32. The number of allylic oxidation sites excluding steroid dienone is 2. The smallest absolute Gasteiger partial charge is 0.194 e. The Labute approximate surface area is 172 Å². The normalized spacial score (nSPS) is 28.1. The summed E-state index contributed by atoms with van der Waals surface area (Å²) in [5.74, 6) is -1.00. The lowest BCUT2D eigenvalue weighted by molar-refractivity contribution is 0.156. The predicted octanol–water partition coefficient (Wildman–Crippen LogP) is 8.27. The van der Waals surface area contributed by atoms with E-state index in [0.717, 1.165) is 49.9 Å². The van der Waals surface area contributed by atoms with Crippen molar-refractivity contribution in [2.75, 3.05) is 6.67 Å². The van der Waals surface area contributed by atoms with Gasteiger partial charge in [0.15, 0.2) is 17.5 Å². The van der Waals surface area contributed by atoms with Gasteiger partial charge in [0.25, 0.3) is 0 Å². The van der Waals surface area contributed by atoms with Gasteiger partial charge in [-0.2, -0.15) is 0 Å². The second kappa shape index (κ2) is 11.2. The van der Waals surface area contributed by atoms with E-state index >= 15 is 0 Å². The van der Waals surface area contributed by atoms with Gasteiger partial charge in [0.05, 0.1) is 6.67 Å². The molecule has 1 aromatic rings. The first-order chi connectivity index (χ1) is 14.1. The zero-order valence-corrected chi connectivity index (χ0v) is 17.3. The number of rotatable bonds is 8. The Morgan fingerprint density at radius 2 is 1.31 bits per heavy atom. The summed E-state index contributed by atoms with van der Waals surface area (Å²) < 4.78 is 52.3. The van der Waals surface area contributed by atoms with Crippen molar-refractivity contribution in [2.45, 2.75) is 83.0 Å². The van der Waals surface area contributed by atoms with Crippen molar-refractivity contribution < 1.29 is 17.6 Å². The van der Waals surface area contributed by atoms with Crippen molar-refractivity contribution in [3.63, 3.8) is 0 Å². The first-order valence-electron chi connectivity index (χ1n) is 11.4. The van der Waals surface area contributed by atoms with E-state index in [-0.39, 0.29) is 12.6 Å². The van der Waals surface area contributed by atoms with Crippen LogP contribution >= 0.6 is 0 Å². The molecule has 4 heteroatoms. The fraction of sp³-hybridized carbons (Fsp3) is 0.680. The van der Waals surface area contributed by atoms with Crippen molar-refractivity contribution in [1.29, 1.82) is 0 Å². The first kappa shape index (κ1) is 22.4. The highest BCUT2D eigenvalue weighted by Gasteiger charge is 2.31. The number of unbranched alkanes of at least 4 members (excludes halogenated alkanes) is 1. The molecule has 0 spiro atoms. The van der Waals surface area contributed by atoms with Gasteiger partial charge in [0, 0.05) is 0 Å². The molecule has 0 atom stereocenters. The second-order valence-corrected chi connectivity index (χ2v) is 9.07. The number of alkyl halides is 1. The molecule has 0 bridgehead atoms. The summed E-state index contributed by atoms with van der Waals surface area (Å²) in [6, 6.07) is 2.36. The average Bonchev–Trinajstić information content (AvgIpc) is 2.75. The van der Waals surface area contributed by atoms with Crippen molar-refractivity contribution >= 4 is 0 Å². The largest absolute Gasteiger partial charge is 0.251 e. The maximum absolute atomic E-state index is 13.5.